The highest BCUT2D eigenvalue weighted by Gasteiger charge is 2.11. The third-order valence-electron chi connectivity index (χ3n) is 1.62. The second kappa shape index (κ2) is 12.0. The molecular formula is C13H23O3-. The molecule has 0 atom stereocenters. The normalized spacial score (nSPS) is 8.69. The van der Waals surface area contributed by atoms with Crippen LogP contribution in [0.4, 0.5) is 0 Å². The van der Waals surface area contributed by atoms with E-state index in [1.165, 1.54) is 14.2 Å². The monoisotopic (exact) mass is 227 g/mol. The van der Waals surface area contributed by atoms with Crippen molar-refractivity contribution in [1.82, 2.24) is 0 Å². The molecule has 0 unspecified atom stereocenters. The lowest BCUT2D eigenvalue weighted by Gasteiger charge is -2.14. The fraction of sp³-hybridized carbons (Fsp3) is 0.462. The lowest BCUT2D eigenvalue weighted by Crippen LogP contribution is -2.03. The molecule has 0 amide bonds. The molecule has 16 heavy (non-hydrogen) atoms. The van der Waals surface area contributed by atoms with Crippen molar-refractivity contribution >= 4 is 0 Å². The second-order valence-electron chi connectivity index (χ2n) is 2.36. The lowest BCUT2D eigenvalue weighted by molar-refractivity contribution is -0.106. The molecule has 0 aliphatic rings. The van der Waals surface area contributed by atoms with Gasteiger partial charge in [0.15, 0.2) is 6.29 Å². The Morgan fingerprint density at radius 3 is 1.88 bits per heavy atom. The zero-order valence-corrected chi connectivity index (χ0v) is 10.9. The van der Waals surface area contributed by atoms with Crippen molar-refractivity contribution in [3.05, 3.63) is 36.8 Å². The molecule has 0 aliphatic carbocycles. The van der Waals surface area contributed by atoms with Gasteiger partial charge in [0.05, 0.1) is 0 Å². The van der Waals surface area contributed by atoms with Crippen molar-refractivity contribution in [3.8, 4) is 5.75 Å². The summed E-state index contributed by atoms with van der Waals surface area (Å²) in [6, 6.07) is 6.93. The standard InChI is InChI=1S/C9H12O3.C2H6.C2H5/c1-11-9(12-2)7-5-3-4-6-8(7)10;2*1-2/h3-6,9-10H,1-2H3;1-2H3;1H2,2H3/q;;-1. The molecule has 1 aromatic carbocycles. The van der Waals surface area contributed by atoms with Gasteiger partial charge in [0.2, 0.25) is 0 Å². The molecule has 0 bridgehead atoms. The van der Waals surface area contributed by atoms with Gasteiger partial charge in [0, 0.05) is 19.8 Å². The molecule has 3 heteroatoms. The first-order valence-corrected chi connectivity index (χ1v) is 5.33. The maximum atomic E-state index is 9.38. The van der Waals surface area contributed by atoms with E-state index >= 15 is 0 Å². The zero-order valence-electron chi connectivity index (χ0n) is 10.9. The van der Waals surface area contributed by atoms with Gasteiger partial charge in [-0.1, -0.05) is 32.0 Å². The minimum absolute atomic E-state index is 0.186. The van der Waals surface area contributed by atoms with Crippen molar-refractivity contribution in [2.24, 2.45) is 0 Å². The number of phenols is 1. The predicted molar refractivity (Wildman–Crippen MR) is 67.2 cm³/mol. The number of hydrogen-bond donors (Lipinski definition) is 1. The van der Waals surface area contributed by atoms with E-state index in [4.69, 9.17) is 9.47 Å². The smallest absolute Gasteiger partial charge is 0.186 e. The van der Waals surface area contributed by atoms with E-state index in [1.807, 2.05) is 19.9 Å². The molecule has 0 saturated carbocycles. The van der Waals surface area contributed by atoms with Crippen molar-refractivity contribution < 1.29 is 14.6 Å². The van der Waals surface area contributed by atoms with Gasteiger partial charge in [0.1, 0.15) is 5.75 Å². The van der Waals surface area contributed by atoms with E-state index in [1.54, 1.807) is 25.1 Å². The summed E-state index contributed by atoms with van der Waals surface area (Å²) in [7, 11) is 3.06. The first kappa shape index (κ1) is 17.3. The third kappa shape index (κ3) is 5.73. The topological polar surface area (TPSA) is 38.7 Å². The Kier molecular flexibility index (Phi) is 13.0. The van der Waals surface area contributed by atoms with Gasteiger partial charge in [0.25, 0.3) is 0 Å². The fourth-order valence-corrected chi connectivity index (χ4v) is 1.04. The van der Waals surface area contributed by atoms with Crippen molar-refractivity contribution in [1.29, 1.82) is 0 Å². The Morgan fingerprint density at radius 1 is 1.06 bits per heavy atom. The van der Waals surface area contributed by atoms with E-state index in [9.17, 15) is 5.11 Å². The summed E-state index contributed by atoms with van der Waals surface area (Å²) < 4.78 is 9.97. The van der Waals surface area contributed by atoms with Crippen LogP contribution in [0.1, 0.15) is 32.6 Å². The molecule has 0 aliphatic heterocycles. The molecule has 1 aromatic rings. The van der Waals surface area contributed by atoms with Crippen LogP contribution in [0.2, 0.25) is 0 Å². The van der Waals surface area contributed by atoms with Gasteiger partial charge >= 0.3 is 0 Å². The number of aromatic hydroxyl groups is 1. The molecule has 1 N–H and O–H groups in total. The summed E-state index contributed by atoms with van der Waals surface area (Å²) in [6.45, 7) is 9.00. The van der Waals surface area contributed by atoms with Crippen LogP contribution in [0, 0.1) is 6.92 Å². The molecule has 3 nitrogen and oxygen atoms in total. The fourth-order valence-electron chi connectivity index (χ4n) is 1.04. The molecule has 0 spiro atoms. The predicted octanol–water partition coefficient (Wildman–Crippen LogP) is 3.55. The molecule has 0 radical (unpaired) electrons. The Labute approximate surface area is 99.0 Å². The summed E-state index contributed by atoms with van der Waals surface area (Å²) in [5.74, 6) is 0.186. The molecular weight excluding hydrogens is 204 g/mol. The molecule has 0 aromatic heterocycles. The number of phenolic OH excluding ortho intramolecular Hbond substituents is 1. The minimum atomic E-state index is -0.494. The summed E-state index contributed by atoms with van der Waals surface area (Å²) >= 11 is 0. The van der Waals surface area contributed by atoms with Crippen LogP contribution in [0.25, 0.3) is 0 Å². The second-order valence-corrected chi connectivity index (χ2v) is 2.36. The quantitative estimate of drug-likeness (QED) is 0.634. The largest absolute Gasteiger partial charge is 0.507 e. The van der Waals surface area contributed by atoms with Gasteiger partial charge in [-0.15, -0.1) is 0 Å². The first-order valence-electron chi connectivity index (χ1n) is 5.33. The average Bonchev–Trinajstić information content (AvgIpc) is 2.38. The highest BCUT2D eigenvalue weighted by Crippen LogP contribution is 2.25. The minimum Gasteiger partial charge on any atom is -0.507 e. The Bertz CT molecular complexity index is 245. The van der Waals surface area contributed by atoms with Crippen molar-refractivity contribution in [2.45, 2.75) is 27.1 Å². The van der Waals surface area contributed by atoms with E-state index in [-0.39, 0.29) is 5.75 Å². The Balaban J connectivity index is 0. The Hall–Kier alpha value is -1.06. The van der Waals surface area contributed by atoms with Gasteiger partial charge in [-0.05, 0) is 6.07 Å². The number of methoxy groups -OCH3 is 2. The number of benzene rings is 1. The molecule has 0 fully saturated rings. The van der Waals surface area contributed by atoms with E-state index in [0.717, 1.165) is 0 Å². The number of ether oxygens (including phenoxy) is 2. The van der Waals surface area contributed by atoms with Crippen LogP contribution < -0.4 is 0 Å². The average molecular weight is 227 g/mol. The Morgan fingerprint density at radius 2 is 1.50 bits per heavy atom. The van der Waals surface area contributed by atoms with E-state index in [0.29, 0.717) is 5.56 Å². The maximum absolute atomic E-state index is 9.38. The molecule has 0 heterocycles. The van der Waals surface area contributed by atoms with Crippen LogP contribution in [-0.4, -0.2) is 19.3 Å². The summed E-state index contributed by atoms with van der Waals surface area (Å²) in [4.78, 5) is 0. The third-order valence-corrected chi connectivity index (χ3v) is 1.62. The van der Waals surface area contributed by atoms with Gasteiger partial charge in [-0.3, -0.25) is 0 Å². The van der Waals surface area contributed by atoms with E-state index in [2.05, 4.69) is 6.92 Å². The van der Waals surface area contributed by atoms with Crippen LogP contribution in [-0.2, 0) is 9.47 Å². The highest BCUT2D eigenvalue weighted by atomic mass is 16.7. The highest BCUT2D eigenvalue weighted by molar-refractivity contribution is 5.32. The van der Waals surface area contributed by atoms with Crippen LogP contribution in [0.5, 0.6) is 5.75 Å². The molecule has 1 rings (SSSR count). The van der Waals surface area contributed by atoms with Crippen LogP contribution in [0.15, 0.2) is 24.3 Å². The van der Waals surface area contributed by atoms with Crippen LogP contribution in [0.3, 0.4) is 0 Å². The molecule has 94 valence electrons. The number of rotatable bonds is 3. The van der Waals surface area contributed by atoms with Crippen LogP contribution >= 0.6 is 0 Å². The van der Waals surface area contributed by atoms with Crippen molar-refractivity contribution in [3.63, 3.8) is 0 Å². The summed E-state index contributed by atoms with van der Waals surface area (Å²) in [5.41, 5.74) is 0.641. The molecule has 0 saturated heterocycles. The zero-order chi connectivity index (χ0) is 13.0. The summed E-state index contributed by atoms with van der Waals surface area (Å²) in [6.07, 6.45) is -0.494. The van der Waals surface area contributed by atoms with Gasteiger partial charge in [-0.2, -0.15) is 6.92 Å². The number of hydrogen-bond acceptors (Lipinski definition) is 3. The summed E-state index contributed by atoms with van der Waals surface area (Å²) in [5, 5.41) is 9.38. The number of para-hydroxylation sites is 1. The maximum Gasteiger partial charge on any atom is 0.186 e. The van der Waals surface area contributed by atoms with Gasteiger partial charge < -0.3 is 21.5 Å². The van der Waals surface area contributed by atoms with Crippen molar-refractivity contribution in [2.75, 3.05) is 14.2 Å². The SMILES string of the molecule is CC.COC(OC)c1ccccc1O.[CH2-]C. The van der Waals surface area contributed by atoms with E-state index < -0.39 is 6.29 Å². The van der Waals surface area contributed by atoms with Gasteiger partial charge in [-0.25, -0.2) is 0 Å². The first-order chi connectivity index (χ1) is 7.79. The lowest BCUT2D eigenvalue weighted by atomic mass is 10.2.